The highest BCUT2D eigenvalue weighted by atomic mass is 19.1. The lowest BCUT2D eigenvalue weighted by Gasteiger charge is -2.49. The number of benzene rings is 1. The van der Waals surface area contributed by atoms with Crippen molar-refractivity contribution in [1.29, 1.82) is 0 Å². The van der Waals surface area contributed by atoms with E-state index in [9.17, 15) is 4.39 Å². The molecule has 2 aromatic rings. The van der Waals surface area contributed by atoms with Gasteiger partial charge in [0.25, 0.3) is 0 Å². The molecule has 1 aliphatic carbocycles. The molecule has 1 aromatic carbocycles. The number of halogens is 1. The molecule has 0 saturated carbocycles. The molecule has 128 valence electrons. The quantitative estimate of drug-likeness (QED) is 0.464. The first-order valence-electron chi connectivity index (χ1n) is 9.04. The van der Waals surface area contributed by atoms with Crippen LogP contribution >= 0.6 is 0 Å². The summed E-state index contributed by atoms with van der Waals surface area (Å²) in [6.45, 7) is 8.88. The van der Waals surface area contributed by atoms with Gasteiger partial charge >= 0.3 is 0 Å². The minimum absolute atomic E-state index is 0.0195. The summed E-state index contributed by atoms with van der Waals surface area (Å²) in [5.41, 5.74) is 2.15. The SMILES string of the molecule is CC=CC1(C)C2CC(F)=CC=C2c2c3ccccc3cc[n+]2C1(C)C. The first kappa shape index (κ1) is 16.3. The second kappa shape index (κ2) is 5.39. The number of fused-ring (bicyclic) bond motifs is 5. The van der Waals surface area contributed by atoms with Crippen LogP contribution in [0.15, 0.2) is 66.7 Å². The second-order valence-corrected chi connectivity index (χ2v) is 7.96. The molecular formula is C23H25FN+. The van der Waals surface area contributed by atoms with Crippen LogP contribution in [0.25, 0.3) is 16.3 Å². The Balaban J connectivity index is 2.13. The van der Waals surface area contributed by atoms with E-state index < -0.39 is 0 Å². The van der Waals surface area contributed by atoms with Crippen LogP contribution in [-0.4, -0.2) is 0 Å². The third-order valence-electron chi connectivity index (χ3n) is 6.51. The van der Waals surface area contributed by atoms with Gasteiger partial charge in [0.2, 0.25) is 5.69 Å². The fourth-order valence-corrected chi connectivity index (χ4v) is 4.78. The predicted molar refractivity (Wildman–Crippen MR) is 102 cm³/mol. The third-order valence-corrected chi connectivity index (χ3v) is 6.51. The number of hydrogen-bond donors (Lipinski definition) is 0. The van der Waals surface area contributed by atoms with Crippen LogP contribution in [0.1, 0.15) is 39.8 Å². The van der Waals surface area contributed by atoms with Gasteiger partial charge in [-0.15, -0.1) is 0 Å². The molecule has 1 aliphatic heterocycles. The molecule has 0 radical (unpaired) electrons. The zero-order valence-corrected chi connectivity index (χ0v) is 15.4. The van der Waals surface area contributed by atoms with E-state index in [4.69, 9.17) is 0 Å². The van der Waals surface area contributed by atoms with Crippen LogP contribution in [0.3, 0.4) is 0 Å². The highest BCUT2D eigenvalue weighted by Crippen LogP contribution is 2.55. The summed E-state index contributed by atoms with van der Waals surface area (Å²) in [6.07, 6.45) is 10.7. The Morgan fingerprint density at radius 3 is 2.64 bits per heavy atom. The van der Waals surface area contributed by atoms with E-state index in [0.29, 0.717) is 6.42 Å². The van der Waals surface area contributed by atoms with E-state index >= 15 is 0 Å². The largest absolute Gasteiger partial charge is 0.217 e. The third kappa shape index (κ3) is 2.09. The Morgan fingerprint density at radius 1 is 1.12 bits per heavy atom. The van der Waals surface area contributed by atoms with Crippen molar-refractivity contribution >= 4 is 16.3 Å². The van der Waals surface area contributed by atoms with E-state index in [-0.39, 0.29) is 22.7 Å². The van der Waals surface area contributed by atoms with Gasteiger partial charge in [-0.25, -0.2) is 4.39 Å². The van der Waals surface area contributed by atoms with Gasteiger partial charge in [0.1, 0.15) is 5.83 Å². The molecule has 2 aliphatic rings. The zero-order valence-electron chi connectivity index (χ0n) is 15.4. The summed E-state index contributed by atoms with van der Waals surface area (Å²) in [5, 5.41) is 2.47. The predicted octanol–water partition coefficient (Wildman–Crippen LogP) is 5.72. The molecule has 2 atom stereocenters. The minimum Gasteiger partial charge on any atom is -0.212 e. The van der Waals surface area contributed by atoms with Crippen LogP contribution in [0.2, 0.25) is 0 Å². The average molecular weight is 334 g/mol. The molecule has 0 fully saturated rings. The number of nitrogens with zero attached hydrogens (tertiary/aromatic N) is 1. The molecule has 25 heavy (non-hydrogen) atoms. The lowest BCUT2D eigenvalue weighted by Crippen LogP contribution is -2.67. The lowest BCUT2D eigenvalue weighted by molar-refractivity contribution is -0.777. The highest BCUT2D eigenvalue weighted by Gasteiger charge is 2.58. The van der Waals surface area contributed by atoms with Crippen LogP contribution in [0.5, 0.6) is 0 Å². The van der Waals surface area contributed by atoms with E-state index in [1.165, 1.54) is 22.0 Å². The van der Waals surface area contributed by atoms with Crippen molar-refractivity contribution in [3.8, 4) is 0 Å². The van der Waals surface area contributed by atoms with Gasteiger partial charge in [-0.3, -0.25) is 0 Å². The molecule has 4 rings (SSSR count). The van der Waals surface area contributed by atoms with Crippen molar-refractivity contribution in [2.45, 2.75) is 39.7 Å². The Morgan fingerprint density at radius 2 is 1.88 bits per heavy atom. The Bertz CT molecular complexity index is 948. The molecule has 0 N–H and O–H groups in total. The van der Waals surface area contributed by atoms with E-state index in [0.717, 1.165) is 0 Å². The molecular weight excluding hydrogens is 309 g/mol. The number of hydrogen-bond acceptors (Lipinski definition) is 0. The number of aromatic nitrogens is 1. The molecule has 0 bridgehead atoms. The van der Waals surface area contributed by atoms with Crippen molar-refractivity contribution in [3.05, 3.63) is 72.4 Å². The van der Waals surface area contributed by atoms with E-state index in [2.05, 4.69) is 80.9 Å². The Hall–Kier alpha value is -2.22. The fraction of sp³-hybridized carbons (Fsp3) is 0.348. The van der Waals surface area contributed by atoms with Crippen molar-refractivity contribution in [2.75, 3.05) is 0 Å². The summed E-state index contributed by atoms with van der Waals surface area (Å²) in [6, 6.07) is 10.7. The monoisotopic (exact) mass is 334 g/mol. The van der Waals surface area contributed by atoms with Crippen molar-refractivity contribution in [1.82, 2.24) is 0 Å². The molecule has 2 heterocycles. The summed E-state index contributed by atoms with van der Waals surface area (Å²) >= 11 is 0. The molecule has 0 spiro atoms. The van der Waals surface area contributed by atoms with Crippen LogP contribution in [0, 0.1) is 11.3 Å². The molecule has 0 amide bonds. The van der Waals surface area contributed by atoms with Gasteiger partial charge in [-0.2, -0.15) is 4.57 Å². The molecule has 1 aromatic heterocycles. The van der Waals surface area contributed by atoms with Gasteiger partial charge in [0.05, 0.1) is 10.8 Å². The van der Waals surface area contributed by atoms with Gasteiger partial charge in [0.15, 0.2) is 11.7 Å². The fourth-order valence-electron chi connectivity index (χ4n) is 4.78. The van der Waals surface area contributed by atoms with E-state index in [1.54, 1.807) is 6.08 Å². The molecule has 1 nitrogen and oxygen atoms in total. The zero-order chi connectivity index (χ0) is 17.8. The summed E-state index contributed by atoms with van der Waals surface area (Å²) in [4.78, 5) is 0. The van der Waals surface area contributed by atoms with Crippen LogP contribution < -0.4 is 4.57 Å². The molecule has 2 unspecified atom stereocenters. The van der Waals surface area contributed by atoms with Gasteiger partial charge < -0.3 is 0 Å². The standard InChI is InChI=1S/C23H25FN/c1-5-13-23(4)20-15-17(24)10-11-19(20)21-18-9-7-6-8-16(18)12-14-25(21)22(23,2)3/h5-14,20H,15H2,1-4H3/q+1. The lowest BCUT2D eigenvalue weighted by atomic mass is 9.57. The van der Waals surface area contributed by atoms with Gasteiger partial charge in [0, 0.05) is 37.8 Å². The topological polar surface area (TPSA) is 3.88 Å². The number of rotatable bonds is 1. The number of allylic oxidation sites excluding steroid dienone is 6. The first-order chi connectivity index (χ1) is 11.9. The molecule has 2 heteroatoms. The smallest absolute Gasteiger partial charge is 0.212 e. The maximum absolute atomic E-state index is 14.3. The Kier molecular flexibility index (Phi) is 3.50. The summed E-state index contributed by atoms with van der Waals surface area (Å²) in [5.74, 6) is 0.114. The number of pyridine rings is 1. The van der Waals surface area contributed by atoms with Crippen molar-refractivity contribution in [2.24, 2.45) is 11.3 Å². The van der Waals surface area contributed by atoms with E-state index in [1.807, 2.05) is 6.08 Å². The summed E-state index contributed by atoms with van der Waals surface area (Å²) in [7, 11) is 0. The first-order valence-corrected chi connectivity index (χ1v) is 9.04. The normalized spacial score (nSPS) is 27.6. The second-order valence-electron chi connectivity index (χ2n) is 7.96. The van der Waals surface area contributed by atoms with Crippen LogP contribution in [0.4, 0.5) is 4.39 Å². The Labute approximate surface area is 149 Å². The van der Waals surface area contributed by atoms with Crippen molar-refractivity contribution in [3.63, 3.8) is 0 Å². The minimum atomic E-state index is -0.168. The van der Waals surface area contributed by atoms with Gasteiger partial charge in [-0.05, 0) is 37.5 Å². The molecule has 0 saturated heterocycles. The maximum atomic E-state index is 14.3. The average Bonchev–Trinajstić information content (AvgIpc) is 2.60. The van der Waals surface area contributed by atoms with Crippen molar-refractivity contribution < 1.29 is 8.96 Å². The highest BCUT2D eigenvalue weighted by molar-refractivity contribution is 5.92. The van der Waals surface area contributed by atoms with Crippen LogP contribution in [-0.2, 0) is 5.54 Å². The van der Waals surface area contributed by atoms with Gasteiger partial charge in [-0.1, -0.05) is 30.4 Å². The maximum Gasteiger partial charge on any atom is 0.217 e. The summed E-state index contributed by atoms with van der Waals surface area (Å²) < 4.78 is 16.7.